The van der Waals surface area contributed by atoms with Gasteiger partial charge in [0, 0.05) is 11.1 Å². The average molecular weight is 382 g/mol. The van der Waals surface area contributed by atoms with E-state index in [-0.39, 0.29) is 12.2 Å². The molecular weight excluding hydrogens is 360 g/mol. The van der Waals surface area contributed by atoms with Gasteiger partial charge in [0.15, 0.2) is 17.8 Å². The zero-order valence-electron chi connectivity index (χ0n) is 15.6. The van der Waals surface area contributed by atoms with E-state index in [9.17, 15) is 14.4 Å². The number of carbonyl (C=O) groups excluding carboxylic acids is 3. The van der Waals surface area contributed by atoms with E-state index in [4.69, 9.17) is 14.2 Å². The Kier molecular flexibility index (Phi) is 6.42. The minimum Gasteiger partial charge on any atom is -0.493 e. The molecule has 2 aromatic rings. The van der Waals surface area contributed by atoms with Crippen LogP contribution in [0.3, 0.4) is 0 Å². The van der Waals surface area contributed by atoms with Gasteiger partial charge < -0.3 is 14.2 Å². The van der Waals surface area contributed by atoms with E-state index >= 15 is 0 Å². The second-order valence-corrected chi connectivity index (χ2v) is 6.70. The van der Waals surface area contributed by atoms with Crippen LogP contribution >= 0.6 is 0 Å². The summed E-state index contributed by atoms with van der Waals surface area (Å²) >= 11 is 0. The Bertz CT molecular complexity index is 852. The van der Waals surface area contributed by atoms with Crippen molar-refractivity contribution in [2.45, 2.75) is 37.9 Å². The maximum Gasteiger partial charge on any atom is 0.161 e. The molecule has 0 N–H and O–H groups in total. The summed E-state index contributed by atoms with van der Waals surface area (Å²) in [6.07, 6.45) is 5.35. The molecule has 0 heterocycles. The van der Waals surface area contributed by atoms with Crippen molar-refractivity contribution < 1.29 is 28.6 Å². The van der Waals surface area contributed by atoms with Crippen LogP contribution in [0.1, 0.15) is 56.8 Å². The zero-order chi connectivity index (χ0) is 19.9. The van der Waals surface area contributed by atoms with Crippen molar-refractivity contribution in [3.63, 3.8) is 0 Å². The molecule has 0 radical (unpaired) electrons. The van der Waals surface area contributed by atoms with Gasteiger partial charge in [0.2, 0.25) is 0 Å². The van der Waals surface area contributed by atoms with Crippen molar-refractivity contribution in [3.8, 4) is 17.2 Å². The van der Waals surface area contributed by atoms with Gasteiger partial charge in [-0.15, -0.1) is 0 Å². The third kappa shape index (κ3) is 4.57. The van der Waals surface area contributed by atoms with Crippen LogP contribution < -0.4 is 14.2 Å². The number of rotatable bonds is 8. The minimum atomic E-state index is -0.0139. The highest BCUT2D eigenvalue weighted by molar-refractivity contribution is 5.84. The van der Waals surface area contributed by atoms with Gasteiger partial charge in [0.05, 0.1) is 24.9 Å². The lowest BCUT2D eigenvalue weighted by molar-refractivity contribution is 0.0780. The number of ether oxygens (including phenoxy) is 3. The van der Waals surface area contributed by atoms with Gasteiger partial charge in [-0.2, -0.15) is 0 Å². The maximum atomic E-state index is 11.2. The first-order valence-electron chi connectivity index (χ1n) is 9.17. The minimum absolute atomic E-state index is 0.0139. The third-order valence-corrected chi connectivity index (χ3v) is 4.83. The topological polar surface area (TPSA) is 78.9 Å². The van der Waals surface area contributed by atoms with Gasteiger partial charge in [0.25, 0.3) is 0 Å². The molecule has 6 heteroatoms. The molecule has 0 spiro atoms. The summed E-state index contributed by atoms with van der Waals surface area (Å²) in [4.78, 5) is 33.0. The molecule has 1 fully saturated rings. The highest BCUT2D eigenvalue weighted by Gasteiger charge is 2.25. The number of hydrogen-bond donors (Lipinski definition) is 0. The lowest BCUT2D eigenvalue weighted by Crippen LogP contribution is -2.30. The van der Waals surface area contributed by atoms with Crippen LogP contribution in [0, 0.1) is 0 Å². The molecule has 1 saturated carbocycles. The van der Waals surface area contributed by atoms with Gasteiger partial charge >= 0.3 is 0 Å². The summed E-state index contributed by atoms with van der Waals surface area (Å²) in [5.41, 5.74) is 1.36. The lowest BCUT2D eigenvalue weighted by Gasteiger charge is -2.30. The first-order chi connectivity index (χ1) is 13.7. The second-order valence-electron chi connectivity index (χ2n) is 6.70. The molecule has 1 aliphatic rings. The Hall–Kier alpha value is -3.15. The fourth-order valence-electron chi connectivity index (χ4n) is 3.32. The summed E-state index contributed by atoms with van der Waals surface area (Å²) < 4.78 is 17.4. The van der Waals surface area contributed by atoms with Crippen molar-refractivity contribution in [2.75, 3.05) is 7.11 Å². The van der Waals surface area contributed by atoms with E-state index in [1.54, 1.807) is 37.4 Å². The molecule has 3 rings (SSSR count). The van der Waals surface area contributed by atoms with Crippen LogP contribution in [0.15, 0.2) is 36.4 Å². The molecule has 1 aliphatic carbocycles. The quantitative estimate of drug-likeness (QED) is 0.644. The normalized spacial score (nSPS) is 18.8. The Morgan fingerprint density at radius 1 is 0.714 bits per heavy atom. The third-order valence-electron chi connectivity index (χ3n) is 4.83. The Balaban J connectivity index is 1.59. The molecule has 0 saturated heterocycles. The van der Waals surface area contributed by atoms with Gasteiger partial charge in [-0.25, -0.2) is 0 Å². The number of hydrogen-bond acceptors (Lipinski definition) is 6. The van der Waals surface area contributed by atoms with Crippen molar-refractivity contribution in [2.24, 2.45) is 0 Å². The fourth-order valence-corrected chi connectivity index (χ4v) is 3.32. The van der Waals surface area contributed by atoms with Crippen LogP contribution in [0.2, 0.25) is 0 Å². The maximum absolute atomic E-state index is 11.2. The van der Waals surface area contributed by atoms with E-state index in [0.29, 0.717) is 46.5 Å². The van der Waals surface area contributed by atoms with Crippen molar-refractivity contribution in [1.29, 1.82) is 0 Å². The van der Waals surface area contributed by atoms with Gasteiger partial charge in [-0.3, -0.25) is 14.4 Å². The van der Waals surface area contributed by atoms with Crippen LogP contribution in [-0.2, 0) is 0 Å². The van der Waals surface area contributed by atoms with Gasteiger partial charge in [-0.1, -0.05) is 0 Å². The van der Waals surface area contributed by atoms with E-state index in [1.165, 1.54) is 6.07 Å². The Labute approximate surface area is 163 Å². The zero-order valence-corrected chi connectivity index (χ0v) is 15.6. The van der Waals surface area contributed by atoms with Crippen molar-refractivity contribution >= 4 is 18.9 Å². The molecule has 0 unspecified atom stereocenters. The highest BCUT2D eigenvalue weighted by Crippen LogP contribution is 2.33. The van der Waals surface area contributed by atoms with E-state index < -0.39 is 0 Å². The second kappa shape index (κ2) is 9.17. The first kappa shape index (κ1) is 19.6. The molecular formula is C22H22O6. The molecule has 0 atom stereocenters. The SMILES string of the molecule is COc1cc(C=O)ccc1OC1CCC(Oc2ccc(C=O)cc2C=O)CC1. The van der Waals surface area contributed by atoms with Crippen LogP contribution in [0.5, 0.6) is 17.2 Å². The summed E-state index contributed by atoms with van der Waals surface area (Å²) in [5.74, 6) is 1.65. The average Bonchev–Trinajstić information content (AvgIpc) is 2.75. The number of benzene rings is 2. The van der Waals surface area contributed by atoms with E-state index in [0.717, 1.165) is 32.0 Å². The van der Waals surface area contributed by atoms with E-state index in [2.05, 4.69) is 0 Å². The number of aldehydes is 3. The predicted octanol–water partition coefficient (Wildman–Crippen LogP) is 3.90. The largest absolute Gasteiger partial charge is 0.493 e. The van der Waals surface area contributed by atoms with Crippen molar-refractivity contribution in [1.82, 2.24) is 0 Å². The van der Waals surface area contributed by atoms with Gasteiger partial charge in [-0.05, 0) is 62.1 Å². The molecule has 2 aromatic carbocycles. The standard InChI is InChI=1S/C22H22O6/c1-26-22-11-16(13-24)3-9-21(22)28-19-6-4-18(5-7-19)27-20-8-2-15(12-23)10-17(20)14-25/h2-3,8-14,18-19H,4-7H2,1H3. The predicted molar refractivity (Wildman–Crippen MR) is 103 cm³/mol. The molecule has 146 valence electrons. The summed E-state index contributed by atoms with van der Waals surface area (Å²) in [6.45, 7) is 0. The molecule has 0 amide bonds. The molecule has 0 aliphatic heterocycles. The molecule has 6 nitrogen and oxygen atoms in total. The Morgan fingerprint density at radius 2 is 1.25 bits per heavy atom. The molecule has 0 bridgehead atoms. The van der Waals surface area contributed by atoms with Crippen molar-refractivity contribution in [3.05, 3.63) is 53.1 Å². The van der Waals surface area contributed by atoms with Gasteiger partial charge in [0.1, 0.15) is 18.3 Å². The Morgan fingerprint density at radius 3 is 1.79 bits per heavy atom. The van der Waals surface area contributed by atoms with Crippen LogP contribution in [-0.4, -0.2) is 38.2 Å². The molecule has 0 aromatic heterocycles. The smallest absolute Gasteiger partial charge is 0.161 e. The number of carbonyl (C=O) groups is 3. The highest BCUT2D eigenvalue weighted by atomic mass is 16.5. The monoisotopic (exact) mass is 382 g/mol. The first-order valence-corrected chi connectivity index (χ1v) is 9.17. The van der Waals surface area contributed by atoms with Crippen LogP contribution in [0.4, 0.5) is 0 Å². The van der Waals surface area contributed by atoms with Crippen LogP contribution in [0.25, 0.3) is 0 Å². The van der Waals surface area contributed by atoms with E-state index in [1.807, 2.05) is 0 Å². The summed E-state index contributed by atoms with van der Waals surface area (Å²) in [5, 5.41) is 0. The summed E-state index contributed by atoms with van der Waals surface area (Å²) in [6, 6.07) is 9.93. The molecule has 28 heavy (non-hydrogen) atoms. The number of methoxy groups -OCH3 is 1. The fraction of sp³-hybridized carbons (Fsp3) is 0.318. The summed E-state index contributed by atoms with van der Waals surface area (Å²) in [7, 11) is 1.54. The lowest BCUT2D eigenvalue weighted by atomic mass is 9.94.